The quantitative estimate of drug-likeness (QED) is 0.485. The molecule has 1 aliphatic rings. The van der Waals surface area contributed by atoms with Crippen LogP contribution in [0.4, 0.5) is 5.95 Å². The van der Waals surface area contributed by atoms with Gasteiger partial charge in [-0.05, 0) is 52.1 Å². The van der Waals surface area contributed by atoms with Gasteiger partial charge in [-0.3, -0.25) is 0 Å². The lowest BCUT2D eigenvalue weighted by Gasteiger charge is -2.10. The second-order valence-electron chi connectivity index (χ2n) is 8.08. The van der Waals surface area contributed by atoms with Gasteiger partial charge in [0.1, 0.15) is 17.5 Å². The summed E-state index contributed by atoms with van der Waals surface area (Å²) in [6, 6.07) is 9.36. The molecule has 0 spiro atoms. The van der Waals surface area contributed by atoms with E-state index in [9.17, 15) is 0 Å². The zero-order valence-electron chi connectivity index (χ0n) is 18.2. The van der Waals surface area contributed by atoms with E-state index in [0.29, 0.717) is 29.3 Å². The number of aromatic nitrogens is 6. The van der Waals surface area contributed by atoms with E-state index in [1.807, 2.05) is 37.3 Å². The molecule has 0 saturated carbocycles. The first-order valence-electron chi connectivity index (χ1n) is 10.6. The van der Waals surface area contributed by atoms with Gasteiger partial charge in [-0.15, -0.1) is 0 Å². The van der Waals surface area contributed by atoms with Crippen LogP contribution in [0.15, 0.2) is 45.6 Å². The number of aryl methyl sites for hydroxylation is 1. The first-order chi connectivity index (χ1) is 15.5. The molecule has 1 aliphatic heterocycles. The van der Waals surface area contributed by atoms with Crippen LogP contribution >= 0.6 is 0 Å². The fourth-order valence-electron chi connectivity index (χ4n) is 3.80. The van der Waals surface area contributed by atoms with E-state index in [1.165, 1.54) is 0 Å². The molecule has 1 saturated heterocycles. The third kappa shape index (κ3) is 4.22. The summed E-state index contributed by atoms with van der Waals surface area (Å²) < 4.78 is 10.8. The number of likely N-dealkylation sites (tertiary alicyclic amines) is 1. The molecule has 4 aromatic heterocycles. The lowest BCUT2D eigenvalue weighted by Crippen LogP contribution is -2.13. The van der Waals surface area contributed by atoms with Gasteiger partial charge in [0.2, 0.25) is 11.8 Å². The zero-order valence-corrected chi connectivity index (χ0v) is 18.2. The van der Waals surface area contributed by atoms with Crippen molar-refractivity contribution in [3.63, 3.8) is 0 Å². The van der Waals surface area contributed by atoms with E-state index in [4.69, 9.17) is 14.0 Å². The van der Waals surface area contributed by atoms with Crippen LogP contribution < -0.4 is 5.32 Å². The van der Waals surface area contributed by atoms with E-state index >= 15 is 0 Å². The Morgan fingerprint density at radius 2 is 1.84 bits per heavy atom. The summed E-state index contributed by atoms with van der Waals surface area (Å²) in [6.45, 7) is 5.75. The summed E-state index contributed by atoms with van der Waals surface area (Å²) in [5, 5.41) is 11.3. The Hall–Kier alpha value is -3.66. The number of nitrogens with one attached hydrogen (secondary N) is 1. The molecule has 0 amide bonds. The summed E-state index contributed by atoms with van der Waals surface area (Å²) in [5.41, 5.74) is 2.88. The molecule has 0 unspecified atom stereocenters. The van der Waals surface area contributed by atoms with Gasteiger partial charge >= 0.3 is 0 Å². The van der Waals surface area contributed by atoms with Crippen LogP contribution in [0.1, 0.15) is 42.8 Å². The monoisotopic (exact) mass is 432 g/mol. The summed E-state index contributed by atoms with van der Waals surface area (Å²) in [6.07, 6.45) is 2.77. The molecule has 0 aromatic carbocycles. The minimum absolute atomic E-state index is 0.228. The molecule has 0 radical (unpaired) electrons. The predicted molar refractivity (Wildman–Crippen MR) is 117 cm³/mol. The smallest absolute Gasteiger partial charge is 0.248 e. The standard InChI is InChI=1S/C22H24N8O2/c1-13(21-25-14(2)28-32-21)24-22-23-9-7-18(27-22)16-5-4-6-17(26-16)19-11-20(31-29-19)15-8-10-30(3)12-15/h4-7,9,11,13,15H,8,10,12H2,1-3H3,(H,23,24,27)/t13-,15+/m0/s1. The Kier molecular flexibility index (Phi) is 5.36. The van der Waals surface area contributed by atoms with E-state index < -0.39 is 0 Å². The Bertz CT molecular complexity index is 1220. The molecule has 5 rings (SSSR count). The SMILES string of the molecule is Cc1noc([C@H](C)Nc2nccc(-c3cccc(-c4cc([C@@H]5CCN(C)C5)on4)n3)n2)n1. The number of hydrogen-bond donors (Lipinski definition) is 1. The number of rotatable bonds is 6. The summed E-state index contributed by atoms with van der Waals surface area (Å²) in [7, 11) is 2.12. The second kappa shape index (κ2) is 8.46. The molecule has 164 valence electrons. The van der Waals surface area contributed by atoms with Crippen molar-refractivity contribution in [1.29, 1.82) is 0 Å². The highest BCUT2D eigenvalue weighted by atomic mass is 16.5. The van der Waals surface area contributed by atoms with Crippen molar-refractivity contribution in [2.75, 3.05) is 25.5 Å². The molecule has 2 atom stereocenters. The molecule has 32 heavy (non-hydrogen) atoms. The van der Waals surface area contributed by atoms with Gasteiger partial charge in [-0.25, -0.2) is 15.0 Å². The van der Waals surface area contributed by atoms with Gasteiger partial charge in [-0.1, -0.05) is 16.4 Å². The van der Waals surface area contributed by atoms with Gasteiger partial charge in [0.15, 0.2) is 5.82 Å². The van der Waals surface area contributed by atoms with Crippen molar-refractivity contribution in [2.45, 2.75) is 32.2 Å². The highest BCUT2D eigenvalue weighted by Gasteiger charge is 2.25. The molecule has 1 N–H and O–H groups in total. The fraction of sp³-hybridized carbons (Fsp3) is 0.364. The Morgan fingerprint density at radius 3 is 2.59 bits per heavy atom. The van der Waals surface area contributed by atoms with E-state index in [2.05, 4.69) is 42.5 Å². The average Bonchev–Trinajstić information content (AvgIpc) is 3.55. The van der Waals surface area contributed by atoms with Gasteiger partial charge in [0.05, 0.1) is 17.1 Å². The van der Waals surface area contributed by atoms with Crippen molar-refractivity contribution in [3.05, 3.63) is 54.0 Å². The average molecular weight is 432 g/mol. The molecule has 1 fully saturated rings. The van der Waals surface area contributed by atoms with Crippen molar-refractivity contribution < 1.29 is 9.05 Å². The fourth-order valence-corrected chi connectivity index (χ4v) is 3.80. The molecule has 10 nitrogen and oxygen atoms in total. The minimum atomic E-state index is -0.228. The molecule has 10 heteroatoms. The summed E-state index contributed by atoms with van der Waals surface area (Å²) >= 11 is 0. The van der Waals surface area contributed by atoms with E-state index in [0.717, 1.165) is 42.4 Å². The first kappa shape index (κ1) is 20.3. The van der Waals surface area contributed by atoms with Gasteiger partial charge in [0.25, 0.3) is 0 Å². The van der Waals surface area contributed by atoms with Crippen LogP contribution in [0.5, 0.6) is 0 Å². The van der Waals surface area contributed by atoms with Crippen molar-refractivity contribution in [2.24, 2.45) is 0 Å². The summed E-state index contributed by atoms with van der Waals surface area (Å²) in [5.74, 6) is 2.80. The Balaban J connectivity index is 1.35. The van der Waals surface area contributed by atoms with Crippen LogP contribution in [0.25, 0.3) is 22.8 Å². The maximum atomic E-state index is 5.63. The minimum Gasteiger partial charge on any atom is -0.360 e. The Morgan fingerprint density at radius 1 is 1.03 bits per heavy atom. The summed E-state index contributed by atoms with van der Waals surface area (Å²) in [4.78, 5) is 20.2. The Labute approximate surface area is 185 Å². The third-order valence-corrected chi connectivity index (χ3v) is 5.51. The number of anilines is 1. The number of hydrogen-bond acceptors (Lipinski definition) is 10. The normalized spacial score (nSPS) is 17.5. The van der Waals surface area contributed by atoms with Crippen LogP contribution in [0, 0.1) is 6.92 Å². The van der Waals surface area contributed by atoms with Gasteiger partial charge in [-0.2, -0.15) is 4.98 Å². The van der Waals surface area contributed by atoms with Crippen molar-refractivity contribution >= 4 is 5.95 Å². The largest absolute Gasteiger partial charge is 0.360 e. The van der Waals surface area contributed by atoms with Gasteiger partial charge < -0.3 is 19.3 Å². The van der Waals surface area contributed by atoms with E-state index in [-0.39, 0.29) is 6.04 Å². The van der Waals surface area contributed by atoms with Crippen molar-refractivity contribution in [3.8, 4) is 22.8 Å². The lowest BCUT2D eigenvalue weighted by molar-refractivity contribution is 0.351. The first-order valence-corrected chi connectivity index (χ1v) is 10.6. The van der Waals surface area contributed by atoms with Crippen LogP contribution in [0.3, 0.4) is 0 Å². The molecule has 4 aromatic rings. The maximum Gasteiger partial charge on any atom is 0.248 e. The van der Waals surface area contributed by atoms with Crippen molar-refractivity contribution in [1.82, 2.24) is 35.1 Å². The van der Waals surface area contributed by atoms with Crippen LogP contribution in [-0.2, 0) is 0 Å². The topological polar surface area (TPSA) is 119 Å². The third-order valence-electron chi connectivity index (χ3n) is 5.51. The molecule has 5 heterocycles. The highest BCUT2D eigenvalue weighted by Crippen LogP contribution is 2.29. The zero-order chi connectivity index (χ0) is 22.1. The molecule has 0 aliphatic carbocycles. The van der Waals surface area contributed by atoms with E-state index in [1.54, 1.807) is 13.1 Å². The predicted octanol–water partition coefficient (Wildman–Crippen LogP) is 3.48. The molecular formula is C22H24N8O2. The number of nitrogens with zero attached hydrogens (tertiary/aromatic N) is 7. The maximum absolute atomic E-state index is 5.63. The second-order valence-corrected chi connectivity index (χ2v) is 8.08. The van der Waals surface area contributed by atoms with Crippen LogP contribution in [0.2, 0.25) is 0 Å². The molecule has 0 bridgehead atoms. The number of likely N-dealkylation sites (N-methyl/N-ethyl adjacent to an activating group) is 1. The number of pyridine rings is 1. The van der Waals surface area contributed by atoms with Gasteiger partial charge in [0, 0.05) is 24.7 Å². The van der Waals surface area contributed by atoms with Crippen LogP contribution in [-0.4, -0.2) is 55.3 Å². The lowest BCUT2D eigenvalue weighted by atomic mass is 10.1. The highest BCUT2D eigenvalue weighted by molar-refractivity contribution is 5.62. The molecular weight excluding hydrogens is 408 g/mol.